The van der Waals surface area contributed by atoms with Gasteiger partial charge in [0.25, 0.3) is 0 Å². The first-order valence-corrected chi connectivity index (χ1v) is 8.51. The van der Waals surface area contributed by atoms with Gasteiger partial charge in [0.15, 0.2) is 0 Å². The minimum atomic E-state index is -0.173. The molecule has 0 aliphatic carbocycles. The van der Waals surface area contributed by atoms with Gasteiger partial charge < -0.3 is 10.2 Å². The summed E-state index contributed by atoms with van der Waals surface area (Å²) in [5, 5.41) is 3.05. The molecule has 0 bridgehead atoms. The Morgan fingerprint density at radius 1 is 1.12 bits per heavy atom. The summed E-state index contributed by atoms with van der Waals surface area (Å²) in [6.45, 7) is 4.56. The second-order valence-corrected chi connectivity index (χ2v) is 6.28. The molecule has 0 saturated carbocycles. The quantitative estimate of drug-likeness (QED) is 0.853. The average Bonchev–Trinajstić information content (AvgIpc) is 3.14. The van der Waals surface area contributed by atoms with Gasteiger partial charge in [0, 0.05) is 18.8 Å². The first kappa shape index (κ1) is 17.0. The maximum atomic E-state index is 12.6. The van der Waals surface area contributed by atoms with Gasteiger partial charge in [-0.15, -0.1) is 0 Å². The topological polar surface area (TPSA) is 49.4 Å². The Balaban J connectivity index is 1.68. The van der Waals surface area contributed by atoms with Crippen LogP contribution in [-0.2, 0) is 16.0 Å². The molecule has 1 N–H and O–H groups in total. The maximum Gasteiger partial charge on any atom is 0.245 e. The van der Waals surface area contributed by atoms with Crippen molar-refractivity contribution in [3.8, 4) is 0 Å². The van der Waals surface area contributed by atoms with Gasteiger partial charge in [-0.25, -0.2) is 0 Å². The normalized spacial score (nSPS) is 16.5. The SMILES string of the molecule is C=CC(=O)N1CCC(C(=O)Nc2ccccc2Cc2ccccc2)C1. The minimum Gasteiger partial charge on any atom is -0.338 e. The Kier molecular flexibility index (Phi) is 5.29. The molecule has 4 heteroatoms. The van der Waals surface area contributed by atoms with Gasteiger partial charge in [-0.2, -0.15) is 0 Å². The van der Waals surface area contributed by atoms with Crippen LogP contribution in [0.3, 0.4) is 0 Å². The van der Waals surface area contributed by atoms with Crippen molar-refractivity contribution >= 4 is 17.5 Å². The number of rotatable bonds is 5. The van der Waals surface area contributed by atoms with Crippen molar-refractivity contribution in [2.75, 3.05) is 18.4 Å². The zero-order chi connectivity index (χ0) is 17.6. The number of benzene rings is 2. The van der Waals surface area contributed by atoms with Crippen LogP contribution in [0.5, 0.6) is 0 Å². The third-order valence-corrected chi connectivity index (χ3v) is 4.56. The van der Waals surface area contributed by atoms with E-state index in [4.69, 9.17) is 0 Å². The van der Waals surface area contributed by atoms with Gasteiger partial charge in [0.05, 0.1) is 5.92 Å². The van der Waals surface area contributed by atoms with E-state index in [1.165, 1.54) is 11.6 Å². The summed E-state index contributed by atoms with van der Waals surface area (Å²) in [5.74, 6) is -0.312. The minimum absolute atomic E-state index is 0.0279. The van der Waals surface area contributed by atoms with Crippen LogP contribution in [0.2, 0.25) is 0 Å². The van der Waals surface area contributed by atoms with Gasteiger partial charge in [-0.1, -0.05) is 55.1 Å². The van der Waals surface area contributed by atoms with Crippen LogP contribution < -0.4 is 5.32 Å². The third kappa shape index (κ3) is 4.15. The average molecular weight is 334 g/mol. The number of hydrogen-bond acceptors (Lipinski definition) is 2. The summed E-state index contributed by atoms with van der Waals surface area (Å²) < 4.78 is 0. The summed E-state index contributed by atoms with van der Waals surface area (Å²) in [6.07, 6.45) is 2.75. The maximum absolute atomic E-state index is 12.6. The molecule has 128 valence electrons. The lowest BCUT2D eigenvalue weighted by Crippen LogP contribution is -2.30. The lowest BCUT2D eigenvalue weighted by Gasteiger charge is -2.16. The summed E-state index contributed by atoms with van der Waals surface area (Å²) >= 11 is 0. The number of nitrogens with zero attached hydrogens (tertiary/aromatic N) is 1. The van der Waals surface area contributed by atoms with E-state index in [1.807, 2.05) is 42.5 Å². The van der Waals surface area contributed by atoms with Gasteiger partial charge >= 0.3 is 0 Å². The van der Waals surface area contributed by atoms with Crippen molar-refractivity contribution in [3.05, 3.63) is 78.4 Å². The van der Waals surface area contributed by atoms with E-state index in [2.05, 4.69) is 24.0 Å². The molecule has 2 aromatic rings. The van der Waals surface area contributed by atoms with E-state index in [9.17, 15) is 9.59 Å². The zero-order valence-electron chi connectivity index (χ0n) is 14.2. The van der Waals surface area contributed by atoms with E-state index in [1.54, 1.807) is 4.90 Å². The van der Waals surface area contributed by atoms with E-state index in [0.29, 0.717) is 19.5 Å². The van der Waals surface area contributed by atoms with Crippen LogP contribution in [-0.4, -0.2) is 29.8 Å². The number of carbonyl (C=O) groups is 2. The predicted molar refractivity (Wildman–Crippen MR) is 99.2 cm³/mol. The first-order chi connectivity index (χ1) is 12.2. The number of anilines is 1. The Morgan fingerprint density at radius 3 is 2.60 bits per heavy atom. The lowest BCUT2D eigenvalue weighted by atomic mass is 10.0. The molecule has 2 aromatic carbocycles. The van der Waals surface area contributed by atoms with Gasteiger partial charge in [0.2, 0.25) is 11.8 Å². The largest absolute Gasteiger partial charge is 0.338 e. The molecule has 25 heavy (non-hydrogen) atoms. The third-order valence-electron chi connectivity index (χ3n) is 4.56. The first-order valence-electron chi connectivity index (χ1n) is 8.51. The standard InChI is InChI=1S/C21H22N2O2/c1-2-20(24)23-13-12-18(15-23)21(25)22-19-11-7-6-10-17(19)14-16-8-4-3-5-9-16/h2-11,18H,1,12-15H2,(H,22,25). The van der Waals surface area contributed by atoms with Crippen molar-refractivity contribution in [3.63, 3.8) is 0 Å². The van der Waals surface area contributed by atoms with Crippen molar-refractivity contribution in [2.24, 2.45) is 5.92 Å². The number of likely N-dealkylation sites (tertiary alicyclic amines) is 1. The van der Waals surface area contributed by atoms with Gasteiger partial charge in [-0.05, 0) is 36.1 Å². The van der Waals surface area contributed by atoms with E-state index < -0.39 is 0 Å². The molecule has 1 aliphatic rings. The Labute approximate surface area is 148 Å². The van der Waals surface area contributed by atoms with Gasteiger partial charge in [-0.3, -0.25) is 9.59 Å². The number of amides is 2. The van der Waals surface area contributed by atoms with E-state index in [-0.39, 0.29) is 17.7 Å². The van der Waals surface area contributed by atoms with E-state index >= 15 is 0 Å². The molecule has 1 fully saturated rings. The molecule has 1 heterocycles. The molecule has 1 atom stereocenters. The molecule has 1 saturated heterocycles. The second-order valence-electron chi connectivity index (χ2n) is 6.28. The number of para-hydroxylation sites is 1. The molecular weight excluding hydrogens is 312 g/mol. The highest BCUT2D eigenvalue weighted by atomic mass is 16.2. The molecule has 1 aliphatic heterocycles. The van der Waals surface area contributed by atoms with Crippen molar-refractivity contribution in [2.45, 2.75) is 12.8 Å². The molecule has 0 spiro atoms. The van der Waals surface area contributed by atoms with Crippen molar-refractivity contribution in [1.82, 2.24) is 4.90 Å². The summed E-state index contributed by atoms with van der Waals surface area (Å²) in [7, 11) is 0. The molecule has 2 amide bonds. The summed E-state index contributed by atoms with van der Waals surface area (Å²) in [5.41, 5.74) is 3.12. The van der Waals surface area contributed by atoms with Crippen LogP contribution in [0.15, 0.2) is 67.3 Å². The Hall–Kier alpha value is -2.88. The molecule has 4 nitrogen and oxygen atoms in total. The molecule has 0 aromatic heterocycles. The predicted octanol–water partition coefficient (Wildman–Crippen LogP) is 3.25. The number of carbonyl (C=O) groups excluding carboxylic acids is 2. The smallest absolute Gasteiger partial charge is 0.245 e. The van der Waals surface area contributed by atoms with Crippen molar-refractivity contribution < 1.29 is 9.59 Å². The van der Waals surface area contributed by atoms with Crippen LogP contribution in [0.1, 0.15) is 17.5 Å². The second kappa shape index (κ2) is 7.79. The van der Waals surface area contributed by atoms with Crippen LogP contribution in [0.25, 0.3) is 0 Å². The lowest BCUT2D eigenvalue weighted by molar-refractivity contribution is -0.125. The zero-order valence-corrected chi connectivity index (χ0v) is 14.2. The summed E-state index contributed by atoms with van der Waals surface area (Å²) in [4.78, 5) is 25.9. The molecule has 0 radical (unpaired) electrons. The fourth-order valence-electron chi connectivity index (χ4n) is 3.15. The molecule has 1 unspecified atom stereocenters. The number of hydrogen-bond donors (Lipinski definition) is 1. The van der Waals surface area contributed by atoms with E-state index in [0.717, 1.165) is 17.7 Å². The summed E-state index contributed by atoms with van der Waals surface area (Å²) in [6, 6.07) is 18.0. The fraction of sp³-hybridized carbons (Fsp3) is 0.238. The highest BCUT2D eigenvalue weighted by molar-refractivity contribution is 5.95. The highest BCUT2D eigenvalue weighted by Gasteiger charge is 2.30. The van der Waals surface area contributed by atoms with Crippen LogP contribution in [0.4, 0.5) is 5.69 Å². The Bertz CT molecular complexity index is 770. The highest BCUT2D eigenvalue weighted by Crippen LogP contribution is 2.22. The molecule has 3 rings (SSSR count). The Morgan fingerprint density at radius 2 is 1.84 bits per heavy atom. The van der Waals surface area contributed by atoms with Crippen LogP contribution in [0, 0.1) is 5.92 Å². The fourth-order valence-corrected chi connectivity index (χ4v) is 3.15. The van der Waals surface area contributed by atoms with Gasteiger partial charge in [0.1, 0.15) is 0 Å². The monoisotopic (exact) mass is 334 g/mol. The molecular formula is C21H22N2O2. The number of nitrogens with one attached hydrogen (secondary N) is 1. The van der Waals surface area contributed by atoms with Crippen molar-refractivity contribution in [1.29, 1.82) is 0 Å². The van der Waals surface area contributed by atoms with Crippen LogP contribution >= 0.6 is 0 Å².